The molecule has 4 N–H and O–H groups in total. The van der Waals surface area contributed by atoms with E-state index in [9.17, 15) is 19.8 Å². The summed E-state index contributed by atoms with van der Waals surface area (Å²) in [6.45, 7) is 5.86. The van der Waals surface area contributed by atoms with E-state index in [0.29, 0.717) is 21.8 Å². The first-order valence-electron chi connectivity index (χ1n) is 11.2. The monoisotopic (exact) mass is 644 g/mol. The van der Waals surface area contributed by atoms with Crippen LogP contribution in [0.2, 0.25) is 0 Å². The minimum absolute atomic E-state index is 0.103. The quantitative estimate of drug-likeness (QED) is 0.158. The number of halogens is 2. The Morgan fingerprint density at radius 3 is 1.45 bits per heavy atom. The van der Waals surface area contributed by atoms with Crippen molar-refractivity contribution in [1.82, 2.24) is 9.97 Å². The minimum Gasteiger partial charge on any atom is -0.493 e. The topological polar surface area (TPSA) is 180 Å². The number of nitrogens with zero attached hydrogens (tertiary/aromatic N) is 6. The summed E-state index contributed by atoms with van der Waals surface area (Å²) in [5.41, 5.74) is -1.50. The van der Waals surface area contributed by atoms with Crippen LogP contribution >= 0.6 is 31.9 Å². The van der Waals surface area contributed by atoms with E-state index in [1.165, 1.54) is 27.7 Å². The highest BCUT2D eigenvalue weighted by Crippen LogP contribution is 2.38. The number of carbonyl (C=O) groups is 2. The molecule has 0 spiro atoms. The standard InChI is InChI=1S/C24H22Br2N8O4/c1-23(2,21(37)31-29-17-13-9-11(25)5-7-15(13)27-19(17)35)33-34-24(3,4)22(38)32-30-18-14-10-12(26)6-8-16(14)28-20(18)36/h5-10,27-28,35-36H,1-4H3. The van der Waals surface area contributed by atoms with Crippen molar-refractivity contribution < 1.29 is 19.8 Å². The first-order valence-corrected chi connectivity index (χ1v) is 12.7. The van der Waals surface area contributed by atoms with Crippen LogP contribution in [0.3, 0.4) is 0 Å². The van der Waals surface area contributed by atoms with Crippen molar-refractivity contribution in [3.63, 3.8) is 0 Å². The fourth-order valence-electron chi connectivity index (χ4n) is 3.24. The Kier molecular flexibility index (Phi) is 7.30. The van der Waals surface area contributed by atoms with E-state index in [-0.39, 0.29) is 23.1 Å². The second kappa shape index (κ2) is 10.2. The summed E-state index contributed by atoms with van der Waals surface area (Å²) >= 11 is 6.72. The zero-order valence-corrected chi connectivity index (χ0v) is 23.8. The molecule has 4 rings (SSSR count). The summed E-state index contributed by atoms with van der Waals surface area (Å²) in [7, 11) is 0. The van der Waals surface area contributed by atoms with E-state index in [2.05, 4.69) is 72.5 Å². The van der Waals surface area contributed by atoms with Gasteiger partial charge in [0.05, 0.1) is 11.0 Å². The number of hydrogen-bond donors (Lipinski definition) is 4. The SMILES string of the molecule is CC(C)(N=NC(C)(C)C(=O)N=Nc1c(O)[nH]c2ccc(Br)cc12)C(=O)N=Nc1c(O)[nH]c2ccc(Br)cc12. The minimum atomic E-state index is -1.47. The maximum absolute atomic E-state index is 12.8. The zero-order chi connectivity index (χ0) is 27.8. The molecule has 0 bridgehead atoms. The van der Waals surface area contributed by atoms with Crippen molar-refractivity contribution in [2.45, 2.75) is 38.8 Å². The molecule has 2 aromatic carbocycles. The molecule has 38 heavy (non-hydrogen) atoms. The van der Waals surface area contributed by atoms with E-state index < -0.39 is 22.9 Å². The van der Waals surface area contributed by atoms with Gasteiger partial charge in [-0.25, -0.2) is 0 Å². The summed E-state index contributed by atoms with van der Waals surface area (Å²) in [6.07, 6.45) is 0. The molecule has 0 aliphatic carbocycles. The van der Waals surface area contributed by atoms with Crippen molar-refractivity contribution in [1.29, 1.82) is 0 Å². The maximum atomic E-state index is 12.8. The summed E-state index contributed by atoms with van der Waals surface area (Å²) in [6, 6.07) is 10.5. The first-order chi connectivity index (χ1) is 17.8. The van der Waals surface area contributed by atoms with Crippen LogP contribution in [0.1, 0.15) is 27.7 Å². The van der Waals surface area contributed by atoms with Crippen LogP contribution in [0.5, 0.6) is 11.8 Å². The van der Waals surface area contributed by atoms with Gasteiger partial charge in [0, 0.05) is 19.7 Å². The van der Waals surface area contributed by atoms with Gasteiger partial charge in [-0.2, -0.15) is 10.2 Å². The number of fused-ring (bicyclic) bond motifs is 2. The number of benzene rings is 2. The first kappa shape index (κ1) is 27.3. The van der Waals surface area contributed by atoms with Gasteiger partial charge in [0.25, 0.3) is 11.8 Å². The van der Waals surface area contributed by atoms with Gasteiger partial charge in [-0.3, -0.25) is 9.59 Å². The third-order valence-corrected chi connectivity index (χ3v) is 6.49. The van der Waals surface area contributed by atoms with Crippen molar-refractivity contribution in [2.24, 2.45) is 30.7 Å². The smallest absolute Gasteiger partial charge is 0.293 e. The van der Waals surface area contributed by atoms with Crippen LogP contribution in [0.15, 0.2) is 76.0 Å². The fourth-order valence-corrected chi connectivity index (χ4v) is 3.97. The molecule has 0 atom stereocenters. The molecule has 2 amide bonds. The lowest BCUT2D eigenvalue weighted by atomic mass is 10.1. The summed E-state index contributed by atoms with van der Waals surface area (Å²) < 4.78 is 1.52. The van der Waals surface area contributed by atoms with Gasteiger partial charge < -0.3 is 20.2 Å². The average Bonchev–Trinajstić information content (AvgIpc) is 3.33. The molecule has 2 aromatic heterocycles. The van der Waals surface area contributed by atoms with Gasteiger partial charge in [-0.05, 0) is 64.1 Å². The van der Waals surface area contributed by atoms with Gasteiger partial charge in [0.15, 0.2) is 22.5 Å². The van der Waals surface area contributed by atoms with Gasteiger partial charge in [-0.1, -0.05) is 31.9 Å². The molecule has 0 aliphatic rings. The van der Waals surface area contributed by atoms with Crippen LogP contribution in [0, 0.1) is 0 Å². The summed E-state index contributed by atoms with van der Waals surface area (Å²) in [5.74, 6) is -1.96. The predicted octanol–water partition coefficient (Wildman–Crippen LogP) is 7.52. The van der Waals surface area contributed by atoms with Gasteiger partial charge in [-0.15, -0.1) is 20.5 Å². The number of hydrogen-bond acceptors (Lipinski definition) is 8. The number of H-pyrrole nitrogens is 2. The van der Waals surface area contributed by atoms with E-state index in [1.807, 2.05) is 0 Å². The number of rotatable bonds is 6. The summed E-state index contributed by atoms with van der Waals surface area (Å²) in [4.78, 5) is 31.0. The lowest BCUT2D eigenvalue weighted by molar-refractivity contribution is -0.124. The number of carbonyl (C=O) groups excluding carboxylic acids is 2. The Morgan fingerprint density at radius 1 is 0.711 bits per heavy atom. The van der Waals surface area contributed by atoms with Gasteiger partial charge in [0.1, 0.15) is 0 Å². The Balaban J connectivity index is 1.50. The molecule has 0 radical (unpaired) electrons. The van der Waals surface area contributed by atoms with Crippen molar-refractivity contribution in [3.05, 3.63) is 45.3 Å². The highest BCUT2D eigenvalue weighted by molar-refractivity contribution is 9.10. The highest BCUT2D eigenvalue weighted by Gasteiger charge is 2.33. The predicted molar refractivity (Wildman–Crippen MR) is 147 cm³/mol. The molecule has 12 nitrogen and oxygen atoms in total. The lowest BCUT2D eigenvalue weighted by Gasteiger charge is -2.17. The molecule has 0 saturated heterocycles. The second-order valence-electron chi connectivity index (χ2n) is 9.35. The van der Waals surface area contributed by atoms with Gasteiger partial charge in [0.2, 0.25) is 11.8 Å². The summed E-state index contributed by atoms with van der Waals surface area (Å²) in [5, 5.41) is 44.8. The molecule has 14 heteroatoms. The van der Waals surface area contributed by atoms with Crippen molar-refractivity contribution in [2.75, 3.05) is 0 Å². The highest BCUT2D eigenvalue weighted by atomic mass is 79.9. The molecule has 0 saturated carbocycles. The molecule has 196 valence electrons. The Labute approximate surface area is 232 Å². The number of aromatic amines is 2. The van der Waals surface area contributed by atoms with Crippen LogP contribution in [-0.2, 0) is 9.59 Å². The lowest BCUT2D eigenvalue weighted by Crippen LogP contribution is -2.31. The van der Waals surface area contributed by atoms with Crippen LogP contribution in [-0.4, -0.2) is 43.1 Å². The molecular formula is C24H22Br2N8O4. The number of aromatic hydroxyl groups is 2. The van der Waals surface area contributed by atoms with Gasteiger partial charge >= 0.3 is 0 Å². The third kappa shape index (κ3) is 5.55. The molecule has 4 aromatic rings. The Morgan fingerprint density at radius 2 is 1.08 bits per heavy atom. The van der Waals surface area contributed by atoms with E-state index in [0.717, 1.165) is 8.95 Å². The maximum Gasteiger partial charge on any atom is 0.293 e. The van der Waals surface area contributed by atoms with Crippen LogP contribution in [0.25, 0.3) is 21.8 Å². The number of aromatic nitrogens is 2. The molecule has 0 aliphatic heterocycles. The zero-order valence-electron chi connectivity index (χ0n) is 20.6. The Hall–Kier alpha value is -3.78. The van der Waals surface area contributed by atoms with Crippen LogP contribution < -0.4 is 0 Å². The second-order valence-corrected chi connectivity index (χ2v) is 11.2. The number of azo groups is 3. The Bertz CT molecular complexity index is 1540. The molecular weight excluding hydrogens is 624 g/mol. The largest absolute Gasteiger partial charge is 0.493 e. The normalized spacial score (nSPS) is 13.1. The van der Waals surface area contributed by atoms with E-state index >= 15 is 0 Å². The fraction of sp³-hybridized carbons (Fsp3) is 0.250. The van der Waals surface area contributed by atoms with Crippen molar-refractivity contribution >= 4 is 76.9 Å². The van der Waals surface area contributed by atoms with Crippen LogP contribution in [0.4, 0.5) is 11.4 Å². The van der Waals surface area contributed by atoms with Crippen molar-refractivity contribution in [3.8, 4) is 11.8 Å². The third-order valence-electron chi connectivity index (χ3n) is 5.51. The number of nitrogens with one attached hydrogen (secondary N) is 2. The van der Waals surface area contributed by atoms with E-state index in [4.69, 9.17) is 0 Å². The average molecular weight is 646 g/mol. The molecule has 0 fully saturated rings. The molecule has 0 unspecified atom stereocenters. The van der Waals surface area contributed by atoms with E-state index in [1.54, 1.807) is 36.4 Å². The molecule has 2 heterocycles. The number of amides is 2.